The largest absolute Gasteiger partial charge is 0.468 e. The Morgan fingerprint density at radius 3 is 2.71 bits per heavy atom. The SMILES string of the molecule is CC(C)(CNCc1ccco1)N1CCc2ccccc2C1. The van der Waals surface area contributed by atoms with E-state index in [1.165, 1.54) is 11.1 Å². The van der Waals surface area contributed by atoms with Crippen LogP contribution in [0.15, 0.2) is 47.1 Å². The Morgan fingerprint density at radius 2 is 1.95 bits per heavy atom. The second-order valence-corrected chi connectivity index (χ2v) is 6.44. The molecule has 1 aliphatic rings. The molecule has 1 aromatic carbocycles. The predicted molar refractivity (Wildman–Crippen MR) is 85.0 cm³/mol. The first-order valence-electron chi connectivity index (χ1n) is 7.70. The standard InChI is InChI=1S/C18H24N2O/c1-18(2,14-19-12-17-8-5-11-21-17)20-10-9-15-6-3-4-7-16(15)13-20/h3-8,11,19H,9-10,12-14H2,1-2H3. The van der Waals surface area contributed by atoms with Gasteiger partial charge in [-0.25, -0.2) is 0 Å². The highest BCUT2D eigenvalue weighted by atomic mass is 16.3. The van der Waals surface area contributed by atoms with Crippen LogP contribution in [0.2, 0.25) is 0 Å². The number of rotatable bonds is 5. The molecule has 0 spiro atoms. The van der Waals surface area contributed by atoms with Crippen LogP contribution in [0.5, 0.6) is 0 Å². The van der Waals surface area contributed by atoms with E-state index in [-0.39, 0.29) is 5.54 Å². The molecule has 3 heteroatoms. The minimum absolute atomic E-state index is 0.139. The predicted octanol–water partition coefficient (Wildman–Crippen LogP) is 3.21. The third-order valence-electron chi connectivity index (χ3n) is 4.42. The van der Waals surface area contributed by atoms with Gasteiger partial charge in [0.25, 0.3) is 0 Å². The van der Waals surface area contributed by atoms with E-state index in [1.807, 2.05) is 12.1 Å². The number of furan rings is 1. The fourth-order valence-corrected chi connectivity index (χ4v) is 3.03. The highest BCUT2D eigenvalue weighted by molar-refractivity contribution is 5.29. The van der Waals surface area contributed by atoms with Crippen LogP contribution in [0.25, 0.3) is 0 Å². The molecule has 0 atom stereocenters. The molecule has 0 saturated carbocycles. The summed E-state index contributed by atoms with van der Waals surface area (Å²) in [6.07, 6.45) is 2.88. The molecule has 0 fully saturated rings. The molecule has 21 heavy (non-hydrogen) atoms. The van der Waals surface area contributed by atoms with E-state index < -0.39 is 0 Å². The van der Waals surface area contributed by atoms with E-state index in [1.54, 1.807) is 6.26 Å². The van der Waals surface area contributed by atoms with Crippen molar-refractivity contribution in [3.8, 4) is 0 Å². The average Bonchev–Trinajstić information content (AvgIpc) is 3.00. The van der Waals surface area contributed by atoms with Crippen LogP contribution in [0, 0.1) is 0 Å². The summed E-state index contributed by atoms with van der Waals surface area (Å²) < 4.78 is 5.36. The van der Waals surface area contributed by atoms with E-state index >= 15 is 0 Å². The van der Waals surface area contributed by atoms with Gasteiger partial charge in [-0.3, -0.25) is 4.90 Å². The van der Waals surface area contributed by atoms with Crippen molar-refractivity contribution in [2.45, 2.75) is 38.9 Å². The zero-order valence-electron chi connectivity index (χ0n) is 12.9. The molecule has 0 saturated heterocycles. The van der Waals surface area contributed by atoms with E-state index in [4.69, 9.17) is 4.42 Å². The first kappa shape index (κ1) is 14.4. The summed E-state index contributed by atoms with van der Waals surface area (Å²) in [5, 5.41) is 3.51. The number of hydrogen-bond acceptors (Lipinski definition) is 3. The van der Waals surface area contributed by atoms with Crippen molar-refractivity contribution in [3.05, 3.63) is 59.5 Å². The first-order valence-corrected chi connectivity index (χ1v) is 7.70. The fraction of sp³-hybridized carbons (Fsp3) is 0.444. The molecular formula is C18H24N2O. The topological polar surface area (TPSA) is 28.4 Å². The molecule has 3 nitrogen and oxygen atoms in total. The van der Waals surface area contributed by atoms with Gasteiger partial charge in [-0.1, -0.05) is 24.3 Å². The molecule has 0 amide bonds. The van der Waals surface area contributed by atoms with Gasteiger partial charge in [0.05, 0.1) is 12.8 Å². The quantitative estimate of drug-likeness (QED) is 0.914. The van der Waals surface area contributed by atoms with Crippen LogP contribution < -0.4 is 5.32 Å². The van der Waals surface area contributed by atoms with Crippen molar-refractivity contribution >= 4 is 0 Å². The summed E-state index contributed by atoms with van der Waals surface area (Å²) in [5.74, 6) is 0.995. The molecule has 1 aliphatic heterocycles. The van der Waals surface area contributed by atoms with Crippen molar-refractivity contribution in [1.29, 1.82) is 0 Å². The lowest BCUT2D eigenvalue weighted by atomic mass is 9.94. The van der Waals surface area contributed by atoms with Gasteiger partial charge in [0.1, 0.15) is 5.76 Å². The third kappa shape index (κ3) is 3.36. The molecule has 0 aliphatic carbocycles. The maximum absolute atomic E-state index is 5.36. The number of benzene rings is 1. The monoisotopic (exact) mass is 284 g/mol. The summed E-state index contributed by atoms with van der Waals surface area (Å²) in [7, 11) is 0. The highest BCUT2D eigenvalue weighted by Gasteiger charge is 2.29. The van der Waals surface area contributed by atoms with Gasteiger partial charge in [0, 0.05) is 25.2 Å². The normalized spacial score (nSPS) is 15.9. The zero-order valence-corrected chi connectivity index (χ0v) is 12.9. The Kier molecular flexibility index (Phi) is 4.13. The Labute approximate surface area is 127 Å². The van der Waals surface area contributed by atoms with Crippen molar-refractivity contribution in [3.63, 3.8) is 0 Å². The summed E-state index contributed by atoms with van der Waals surface area (Å²) in [4.78, 5) is 2.57. The molecule has 2 aromatic rings. The molecule has 112 valence electrons. The van der Waals surface area contributed by atoms with Crippen LogP contribution in [0.4, 0.5) is 0 Å². The molecule has 3 rings (SSSR count). The Hall–Kier alpha value is -1.58. The highest BCUT2D eigenvalue weighted by Crippen LogP contribution is 2.24. The summed E-state index contributed by atoms with van der Waals surface area (Å²) in [5.41, 5.74) is 3.12. The van der Waals surface area contributed by atoms with Gasteiger partial charge in [0.15, 0.2) is 0 Å². The van der Waals surface area contributed by atoms with E-state index in [2.05, 4.69) is 48.3 Å². The zero-order chi connectivity index (χ0) is 14.7. The summed E-state index contributed by atoms with van der Waals surface area (Å²) in [6.45, 7) is 8.56. The Morgan fingerprint density at radius 1 is 1.14 bits per heavy atom. The smallest absolute Gasteiger partial charge is 0.117 e. The van der Waals surface area contributed by atoms with Crippen molar-refractivity contribution in [1.82, 2.24) is 10.2 Å². The van der Waals surface area contributed by atoms with Crippen LogP contribution in [-0.4, -0.2) is 23.5 Å². The van der Waals surface area contributed by atoms with Gasteiger partial charge in [-0.2, -0.15) is 0 Å². The lowest BCUT2D eigenvalue weighted by Gasteiger charge is -2.41. The Bertz CT molecular complexity index is 575. The number of nitrogens with zero attached hydrogens (tertiary/aromatic N) is 1. The van der Waals surface area contributed by atoms with Crippen LogP contribution >= 0.6 is 0 Å². The van der Waals surface area contributed by atoms with E-state index in [0.717, 1.165) is 38.4 Å². The second kappa shape index (κ2) is 6.04. The maximum atomic E-state index is 5.36. The fourth-order valence-electron chi connectivity index (χ4n) is 3.03. The minimum atomic E-state index is 0.139. The lowest BCUT2D eigenvalue weighted by molar-refractivity contribution is 0.102. The van der Waals surface area contributed by atoms with Gasteiger partial charge in [-0.15, -0.1) is 0 Å². The minimum Gasteiger partial charge on any atom is -0.468 e. The van der Waals surface area contributed by atoms with Crippen molar-refractivity contribution in [2.75, 3.05) is 13.1 Å². The van der Waals surface area contributed by atoms with E-state index in [0.29, 0.717) is 0 Å². The van der Waals surface area contributed by atoms with Crippen LogP contribution in [0.1, 0.15) is 30.7 Å². The van der Waals surface area contributed by atoms with Crippen molar-refractivity contribution < 1.29 is 4.42 Å². The molecule has 0 radical (unpaired) electrons. The molecular weight excluding hydrogens is 260 g/mol. The maximum Gasteiger partial charge on any atom is 0.117 e. The summed E-state index contributed by atoms with van der Waals surface area (Å²) in [6, 6.07) is 12.7. The Balaban J connectivity index is 1.58. The molecule has 1 aromatic heterocycles. The number of fused-ring (bicyclic) bond motifs is 1. The second-order valence-electron chi connectivity index (χ2n) is 6.44. The van der Waals surface area contributed by atoms with Crippen LogP contribution in [-0.2, 0) is 19.5 Å². The summed E-state index contributed by atoms with van der Waals surface area (Å²) >= 11 is 0. The number of nitrogens with one attached hydrogen (secondary N) is 1. The van der Waals surface area contributed by atoms with Gasteiger partial charge in [0.2, 0.25) is 0 Å². The number of hydrogen-bond donors (Lipinski definition) is 1. The van der Waals surface area contributed by atoms with Gasteiger partial charge >= 0.3 is 0 Å². The molecule has 0 unspecified atom stereocenters. The van der Waals surface area contributed by atoms with Gasteiger partial charge < -0.3 is 9.73 Å². The molecule has 0 bridgehead atoms. The van der Waals surface area contributed by atoms with Crippen LogP contribution in [0.3, 0.4) is 0 Å². The van der Waals surface area contributed by atoms with Gasteiger partial charge in [-0.05, 0) is 43.5 Å². The average molecular weight is 284 g/mol. The lowest BCUT2D eigenvalue weighted by Crippen LogP contribution is -2.52. The van der Waals surface area contributed by atoms with E-state index in [9.17, 15) is 0 Å². The first-order chi connectivity index (χ1) is 10.1. The van der Waals surface area contributed by atoms with Crippen molar-refractivity contribution in [2.24, 2.45) is 0 Å². The molecule has 1 N–H and O–H groups in total. The third-order valence-corrected chi connectivity index (χ3v) is 4.42. The molecule has 2 heterocycles.